The van der Waals surface area contributed by atoms with Gasteiger partial charge in [-0.05, 0) is 30.5 Å². The van der Waals surface area contributed by atoms with Gasteiger partial charge < -0.3 is 10.2 Å². The topological polar surface area (TPSA) is 67.2 Å². The first-order valence-electron chi connectivity index (χ1n) is 8.48. The predicted octanol–water partition coefficient (Wildman–Crippen LogP) is 2.21. The Hall–Kier alpha value is -2.70. The molecule has 0 saturated carbocycles. The van der Waals surface area contributed by atoms with Crippen LogP contribution < -0.4 is 5.32 Å². The second-order valence-corrected chi connectivity index (χ2v) is 6.10. The number of aromatic nitrogens is 2. The van der Waals surface area contributed by atoms with Gasteiger partial charge in [0.05, 0.1) is 0 Å². The molecule has 1 aliphatic rings. The second kappa shape index (κ2) is 7.46. The van der Waals surface area contributed by atoms with Crippen LogP contribution in [0.3, 0.4) is 0 Å². The van der Waals surface area contributed by atoms with Crippen molar-refractivity contribution in [1.82, 2.24) is 20.0 Å². The molecule has 1 N–H and O–H groups in total. The standard InChI is InChI=1S/C18H21FN4O2/c1-2-8-20-17(24)15-11-16-18(25)22(9-3-10-23(16)21-15)12-13-4-6-14(19)7-5-13/h4-7,11H,2-3,8-10,12H2,1H3,(H,20,24). The molecular weight excluding hydrogens is 323 g/mol. The molecule has 132 valence electrons. The maximum atomic E-state index is 13.0. The first-order chi connectivity index (χ1) is 12.1. The molecule has 0 aliphatic carbocycles. The zero-order valence-corrected chi connectivity index (χ0v) is 14.2. The van der Waals surface area contributed by atoms with E-state index in [1.807, 2.05) is 6.92 Å². The lowest BCUT2D eigenvalue weighted by Gasteiger charge is -2.20. The molecule has 0 radical (unpaired) electrons. The Morgan fingerprint density at radius 1 is 1.28 bits per heavy atom. The van der Waals surface area contributed by atoms with Crippen molar-refractivity contribution in [1.29, 1.82) is 0 Å². The van der Waals surface area contributed by atoms with Gasteiger partial charge in [0.25, 0.3) is 11.8 Å². The quantitative estimate of drug-likeness (QED) is 0.904. The Morgan fingerprint density at radius 3 is 2.76 bits per heavy atom. The fourth-order valence-corrected chi connectivity index (χ4v) is 2.84. The minimum atomic E-state index is -0.299. The largest absolute Gasteiger partial charge is 0.351 e. The minimum Gasteiger partial charge on any atom is -0.351 e. The maximum absolute atomic E-state index is 13.0. The lowest BCUT2D eigenvalue weighted by Crippen LogP contribution is -2.30. The highest BCUT2D eigenvalue weighted by Crippen LogP contribution is 2.17. The molecule has 25 heavy (non-hydrogen) atoms. The fraction of sp³-hybridized carbons (Fsp3) is 0.389. The molecule has 0 unspecified atom stereocenters. The van der Waals surface area contributed by atoms with Gasteiger partial charge >= 0.3 is 0 Å². The summed E-state index contributed by atoms with van der Waals surface area (Å²) in [5.41, 5.74) is 1.55. The van der Waals surface area contributed by atoms with E-state index in [1.165, 1.54) is 12.1 Å². The molecule has 0 fully saturated rings. The van der Waals surface area contributed by atoms with Gasteiger partial charge in [-0.25, -0.2) is 4.39 Å². The Balaban J connectivity index is 1.78. The molecule has 0 spiro atoms. The lowest BCUT2D eigenvalue weighted by atomic mass is 10.2. The summed E-state index contributed by atoms with van der Waals surface area (Å²) in [5.74, 6) is -0.726. The van der Waals surface area contributed by atoms with E-state index in [2.05, 4.69) is 10.4 Å². The number of nitrogens with zero attached hydrogens (tertiary/aromatic N) is 3. The second-order valence-electron chi connectivity index (χ2n) is 6.10. The predicted molar refractivity (Wildman–Crippen MR) is 90.6 cm³/mol. The molecule has 0 bridgehead atoms. The zero-order valence-electron chi connectivity index (χ0n) is 14.2. The highest BCUT2D eigenvalue weighted by molar-refractivity contribution is 5.98. The van der Waals surface area contributed by atoms with Gasteiger partial charge in [0.15, 0.2) is 5.69 Å². The molecule has 7 heteroatoms. The average Bonchev–Trinajstić information content (AvgIpc) is 2.98. The SMILES string of the molecule is CCCNC(=O)c1cc2n(n1)CCCN(Cc1ccc(F)cc1)C2=O. The third-order valence-electron chi connectivity index (χ3n) is 4.14. The summed E-state index contributed by atoms with van der Waals surface area (Å²) in [6.45, 7) is 4.13. The normalized spacial score (nSPS) is 14.2. The summed E-state index contributed by atoms with van der Waals surface area (Å²) < 4.78 is 14.6. The van der Waals surface area contributed by atoms with Gasteiger partial charge in [-0.3, -0.25) is 14.3 Å². The van der Waals surface area contributed by atoms with Crippen LogP contribution in [0, 0.1) is 5.82 Å². The van der Waals surface area contributed by atoms with E-state index in [0.29, 0.717) is 31.9 Å². The highest BCUT2D eigenvalue weighted by atomic mass is 19.1. The summed E-state index contributed by atoms with van der Waals surface area (Å²) in [6, 6.07) is 7.68. The van der Waals surface area contributed by atoms with Gasteiger partial charge in [0.1, 0.15) is 11.5 Å². The smallest absolute Gasteiger partial charge is 0.272 e. The average molecular weight is 344 g/mol. The number of fused-ring (bicyclic) bond motifs is 1. The van der Waals surface area contributed by atoms with E-state index in [9.17, 15) is 14.0 Å². The van der Waals surface area contributed by atoms with Crippen molar-refractivity contribution in [3.8, 4) is 0 Å². The van der Waals surface area contributed by atoms with Crippen molar-refractivity contribution in [2.75, 3.05) is 13.1 Å². The van der Waals surface area contributed by atoms with Crippen LogP contribution in [0.4, 0.5) is 4.39 Å². The van der Waals surface area contributed by atoms with E-state index >= 15 is 0 Å². The van der Waals surface area contributed by atoms with E-state index in [4.69, 9.17) is 0 Å². The van der Waals surface area contributed by atoms with Crippen molar-refractivity contribution in [2.24, 2.45) is 0 Å². The van der Waals surface area contributed by atoms with Crippen molar-refractivity contribution >= 4 is 11.8 Å². The molecule has 2 amide bonds. The molecular formula is C18H21FN4O2. The Bertz CT molecular complexity index is 770. The van der Waals surface area contributed by atoms with Crippen LogP contribution in [-0.2, 0) is 13.1 Å². The monoisotopic (exact) mass is 344 g/mol. The Morgan fingerprint density at radius 2 is 2.04 bits per heavy atom. The van der Waals surface area contributed by atoms with E-state index in [0.717, 1.165) is 18.4 Å². The van der Waals surface area contributed by atoms with Gasteiger partial charge in [-0.15, -0.1) is 0 Å². The first kappa shape index (κ1) is 17.1. The fourth-order valence-electron chi connectivity index (χ4n) is 2.84. The van der Waals surface area contributed by atoms with Crippen LogP contribution in [-0.4, -0.2) is 39.6 Å². The number of rotatable bonds is 5. The molecule has 6 nitrogen and oxygen atoms in total. The summed E-state index contributed by atoms with van der Waals surface area (Å²) in [4.78, 5) is 26.6. The number of nitrogens with one attached hydrogen (secondary N) is 1. The van der Waals surface area contributed by atoms with Crippen molar-refractivity contribution in [3.63, 3.8) is 0 Å². The van der Waals surface area contributed by atoms with E-state index in [1.54, 1.807) is 27.8 Å². The molecule has 0 atom stereocenters. The van der Waals surface area contributed by atoms with Gasteiger partial charge in [-0.2, -0.15) is 5.10 Å². The molecule has 1 aliphatic heterocycles. The first-order valence-corrected chi connectivity index (χ1v) is 8.48. The molecule has 2 aromatic rings. The van der Waals surface area contributed by atoms with Crippen LogP contribution in [0.25, 0.3) is 0 Å². The summed E-state index contributed by atoms with van der Waals surface area (Å²) in [7, 11) is 0. The van der Waals surface area contributed by atoms with Crippen LogP contribution in [0.5, 0.6) is 0 Å². The number of carbonyl (C=O) groups excluding carboxylic acids is 2. The van der Waals surface area contributed by atoms with Crippen molar-refractivity contribution in [3.05, 3.63) is 53.1 Å². The third kappa shape index (κ3) is 3.87. The summed E-state index contributed by atoms with van der Waals surface area (Å²) in [6.07, 6.45) is 1.58. The summed E-state index contributed by atoms with van der Waals surface area (Å²) >= 11 is 0. The molecule has 1 aromatic heterocycles. The molecule has 3 rings (SSSR count). The lowest BCUT2D eigenvalue weighted by molar-refractivity contribution is 0.0745. The number of hydrogen-bond acceptors (Lipinski definition) is 3. The van der Waals surface area contributed by atoms with Crippen LogP contribution in [0.15, 0.2) is 30.3 Å². The van der Waals surface area contributed by atoms with Gasteiger partial charge in [-0.1, -0.05) is 19.1 Å². The number of amides is 2. The maximum Gasteiger partial charge on any atom is 0.272 e. The summed E-state index contributed by atoms with van der Waals surface area (Å²) in [5, 5.41) is 7.04. The van der Waals surface area contributed by atoms with Crippen molar-refractivity contribution in [2.45, 2.75) is 32.9 Å². The minimum absolute atomic E-state index is 0.163. The molecule has 1 aromatic carbocycles. The number of halogens is 1. The Kier molecular flexibility index (Phi) is 5.11. The van der Waals surface area contributed by atoms with Crippen LogP contribution in [0.2, 0.25) is 0 Å². The number of benzene rings is 1. The molecule has 2 heterocycles. The van der Waals surface area contributed by atoms with Crippen LogP contribution in [0.1, 0.15) is 46.3 Å². The van der Waals surface area contributed by atoms with E-state index in [-0.39, 0.29) is 23.3 Å². The number of aryl methyl sites for hydroxylation is 1. The highest BCUT2D eigenvalue weighted by Gasteiger charge is 2.26. The molecule has 0 saturated heterocycles. The van der Waals surface area contributed by atoms with Gasteiger partial charge in [0, 0.05) is 32.2 Å². The third-order valence-corrected chi connectivity index (χ3v) is 4.14. The number of carbonyl (C=O) groups is 2. The zero-order chi connectivity index (χ0) is 17.8. The van der Waals surface area contributed by atoms with Gasteiger partial charge in [0.2, 0.25) is 0 Å². The number of hydrogen-bond donors (Lipinski definition) is 1. The Labute approximate surface area is 145 Å². The van der Waals surface area contributed by atoms with Crippen LogP contribution >= 0.6 is 0 Å². The van der Waals surface area contributed by atoms with Crippen molar-refractivity contribution < 1.29 is 14.0 Å². The van der Waals surface area contributed by atoms with E-state index < -0.39 is 0 Å².